The molecule has 132 valence electrons. The Morgan fingerprint density at radius 1 is 1.12 bits per heavy atom. The first kappa shape index (κ1) is 17.1. The molecule has 2 unspecified atom stereocenters. The van der Waals surface area contributed by atoms with Crippen LogP contribution in [0.15, 0.2) is 18.5 Å². The molecule has 7 heteroatoms. The molecule has 2 aliphatic heterocycles. The Bertz CT molecular complexity index is 523. The maximum absolute atomic E-state index is 12.5. The van der Waals surface area contributed by atoms with E-state index in [9.17, 15) is 4.79 Å². The second-order valence-corrected chi connectivity index (χ2v) is 6.68. The van der Waals surface area contributed by atoms with Gasteiger partial charge >= 0.3 is 0 Å². The molecule has 0 saturated carbocycles. The minimum atomic E-state index is 0.246. The van der Waals surface area contributed by atoms with Crippen molar-refractivity contribution in [3.05, 3.63) is 18.5 Å². The lowest BCUT2D eigenvalue weighted by Gasteiger charge is -2.37. The number of piperazine rings is 1. The van der Waals surface area contributed by atoms with Crippen LogP contribution in [0, 0.1) is 0 Å². The van der Waals surface area contributed by atoms with Crippen molar-refractivity contribution in [3.63, 3.8) is 0 Å². The van der Waals surface area contributed by atoms with Crippen molar-refractivity contribution in [2.24, 2.45) is 0 Å². The second kappa shape index (κ2) is 7.90. The average molecular weight is 333 g/mol. The molecule has 2 atom stereocenters. The molecule has 0 radical (unpaired) electrons. The van der Waals surface area contributed by atoms with Gasteiger partial charge in [0, 0.05) is 64.6 Å². The normalized spacial score (nSPS) is 25.8. The predicted octanol–water partition coefficient (Wildman–Crippen LogP) is 0.625. The standard InChI is InChI=1S/C17H27N5O2/c1-14-12-20(13-15(2)24-14)7-4-16(23)21-8-10-22(11-9-21)17-18-5-3-6-19-17/h3,5-6,14-15H,4,7-13H2,1-2H3. The van der Waals surface area contributed by atoms with Crippen molar-refractivity contribution in [2.75, 3.05) is 50.7 Å². The molecule has 0 spiro atoms. The molecule has 0 N–H and O–H groups in total. The molecule has 1 aromatic rings. The summed E-state index contributed by atoms with van der Waals surface area (Å²) < 4.78 is 5.74. The number of anilines is 1. The summed E-state index contributed by atoms with van der Waals surface area (Å²) >= 11 is 0. The fraction of sp³-hybridized carbons (Fsp3) is 0.706. The molecule has 24 heavy (non-hydrogen) atoms. The van der Waals surface area contributed by atoms with E-state index in [1.165, 1.54) is 0 Å². The number of ether oxygens (including phenoxy) is 1. The maximum atomic E-state index is 12.5. The van der Waals surface area contributed by atoms with Gasteiger partial charge in [-0.05, 0) is 19.9 Å². The van der Waals surface area contributed by atoms with Crippen LogP contribution in [0.5, 0.6) is 0 Å². The first-order valence-electron chi connectivity index (χ1n) is 8.79. The van der Waals surface area contributed by atoms with Gasteiger partial charge in [0.05, 0.1) is 12.2 Å². The summed E-state index contributed by atoms with van der Waals surface area (Å²) in [6, 6.07) is 1.82. The maximum Gasteiger partial charge on any atom is 0.225 e. The van der Waals surface area contributed by atoms with Crippen LogP contribution in [0.25, 0.3) is 0 Å². The molecule has 2 saturated heterocycles. The minimum absolute atomic E-state index is 0.246. The van der Waals surface area contributed by atoms with Crippen molar-refractivity contribution in [2.45, 2.75) is 32.5 Å². The Kier molecular flexibility index (Phi) is 5.63. The van der Waals surface area contributed by atoms with Crippen LogP contribution in [0.2, 0.25) is 0 Å². The Balaban J connectivity index is 1.42. The number of hydrogen-bond donors (Lipinski definition) is 0. The van der Waals surface area contributed by atoms with E-state index < -0.39 is 0 Å². The van der Waals surface area contributed by atoms with Gasteiger partial charge in [-0.15, -0.1) is 0 Å². The van der Waals surface area contributed by atoms with E-state index in [0.717, 1.165) is 51.8 Å². The molecule has 7 nitrogen and oxygen atoms in total. The number of aromatic nitrogens is 2. The molecule has 2 fully saturated rings. The van der Waals surface area contributed by atoms with Crippen LogP contribution >= 0.6 is 0 Å². The van der Waals surface area contributed by atoms with Gasteiger partial charge in [-0.2, -0.15) is 0 Å². The predicted molar refractivity (Wildman–Crippen MR) is 91.9 cm³/mol. The van der Waals surface area contributed by atoms with Crippen molar-refractivity contribution >= 4 is 11.9 Å². The first-order chi connectivity index (χ1) is 11.6. The smallest absolute Gasteiger partial charge is 0.225 e. The van der Waals surface area contributed by atoms with Gasteiger partial charge < -0.3 is 14.5 Å². The summed E-state index contributed by atoms with van der Waals surface area (Å²) in [5.74, 6) is 0.997. The van der Waals surface area contributed by atoms with Crippen molar-refractivity contribution in [1.82, 2.24) is 19.8 Å². The largest absolute Gasteiger partial charge is 0.373 e. The van der Waals surface area contributed by atoms with E-state index in [2.05, 4.69) is 33.6 Å². The van der Waals surface area contributed by atoms with Crippen LogP contribution in [0.1, 0.15) is 20.3 Å². The average Bonchev–Trinajstić information content (AvgIpc) is 2.60. The Morgan fingerprint density at radius 3 is 2.38 bits per heavy atom. The lowest BCUT2D eigenvalue weighted by Crippen LogP contribution is -2.50. The quantitative estimate of drug-likeness (QED) is 0.805. The zero-order valence-electron chi connectivity index (χ0n) is 14.6. The molecule has 3 rings (SSSR count). The fourth-order valence-corrected chi connectivity index (χ4v) is 3.49. The highest BCUT2D eigenvalue weighted by Gasteiger charge is 2.25. The van der Waals surface area contributed by atoms with E-state index in [-0.39, 0.29) is 18.1 Å². The summed E-state index contributed by atoms with van der Waals surface area (Å²) in [5, 5.41) is 0. The summed E-state index contributed by atoms with van der Waals surface area (Å²) in [7, 11) is 0. The Morgan fingerprint density at radius 2 is 1.75 bits per heavy atom. The van der Waals surface area contributed by atoms with Gasteiger partial charge in [0.1, 0.15) is 0 Å². The zero-order chi connectivity index (χ0) is 16.9. The van der Waals surface area contributed by atoms with Crippen molar-refractivity contribution in [3.8, 4) is 0 Å². The van der Waals surface area contributed by atoms with E-state index in [4.69, 9.17) is 4.74 Å². The van der Waals surface area contributed by atoms with Gasteiger partial charge in [0.25, 0.3) is 0 Å². The summed E-state index contributed by atoms with van der Waals surface area (Å²) in [5.41, 5.74) is 0. The van der Waals surface area contributed by atoms with Gasteiger partial charge in [-0.1, -0.05) is 0 Å². The fourth-order valence-electron chi connectivity index (χ4n) is 3.49. The first-order valence-corrected chi connectivity index (χ1v) is 8.79. The number of amides is 1. The number of morpholine rings is 1. The number of carbonyl (C=O) groups is 1. The molecule has 0 bridgehead atoms. The third-order valence-corrected chi connectivity index (χ3v) is 4.60. The monoisotopic (exact) mass is 333 g/mol. The van der Waals surface area contributed by atoms with Crippen LogP contribution in [0.3, 0.4) is 0 Å². The minimum Gasteiger partial charge on any atom is -0.373 e. The van der Waals surface area contributed by atoms with Gasteiger partial charge in [-0.3, -0.25) is 9.69 Å². The van der Waals surface area contributed by atoms with Gasteiger partial charge in [0.15, 0.2) is 0 Å². The highest BCUT2D eigenvalue weighted by atomic mass is 16.5. The molecule has 0 aromatic carbocycles. The molecule has 1 aromatic heterocycles. The van der Waals surface area contributed by atoms with Crippen LogP contribution < -0.4 is 4.90 Å². The molecular weight excluding hydrogens is 306 g/mol. The molecule has 3 heterocycles. The lowest BCUT2D eigenvalue weighted by atomic mass is 10.2. The van der Waals surface area contributed by atoms with Crippen molar-refractivity contribution in [1.29, 1.82) is 0 Å². The highest BCUT2D eigenvalue weighted by Crippen LogP contribution is 2.13. The van der Waals surface area contributed by atoms with E-state index in [1.807, 2.05) is 11.0 Å². The van der Waals surface area contributed by atoms with E-state index in [0.29, 0.717) is 6.42 Å². The second-order valence-electron chi connectivity index (χ2n) is 6.68. The van der Waals surface area contributed by atoms with Crippen LogP contribution in [0.4, 0.5) is 5.95 Å². The lowest BCUT2D eigenvalue weighted by molar-refractivity contribution is -0.132. The van der Waals surface area contributed by atoms with Crippen LogP contribution in [-0.4, -0.2) is 83.7 Å². The summed E-state index contributed by atoms with van der Waals surface area (Å²) in [6.45, 7) is 9.90. The molecule has 0 aliphatic carbocycles. The Hall–Kier alpha value is -1.73. The van der Waals surface area contributed by atoms with E-state index >= 15 is 0 Å². The van der Waals surface area contributed by atoms with Gasteiger partial charge in [0.2, 0.25) is 11.9 Å². The topological polar surface area (TPSA) is 61.8 Å². The molecule has 1 amide bonds. The number of carbonyl (C=O) groups excluding carboxylic acids is 1. The summed E-state index contributed by atoms with van der Waals surface area (Å²) in [4.78, 5) is 27.5. The third-order valence-electron chi connectivity index (χ3n) is 4.60. The van der Waals surface area contributed by atoms with Crippen molar-refractivity contribution < 1.29 is 9.53 Å². The number of nitrogens with zero attached hydrogens (tertiary/aromatic N) is 5. The third kappa shape index (κ3) is 4.42. The SMILES string of the molecule is CC1CN(CCC(=O)N2CCN(c3ncccn3)CC2)CC(C)O1. The zero-order valence-corrected chi connectivity index (χ0v) is 14.6. The highest BCUT2D eigenvalue weighted by molar-refractivity contribution is 5.76. The van der Waals surface area contributed by atoms with Gasteiger partial charge in [-0.25, -0.2) is 9.97 Å². The number of hydrogen-bond acceptors (Lipinski definition) is 6. The summed E-state index contributed by atoms with van der Waals surface area (Å²) in [6.07, 6.45) is 4.59. The van der Waals surface area contributed by atoms with E-state index in [1.54, 1.807) is 12.4 Å². The molecule has 2 aliphatic rings. The number of rotatable bonds is 4. The molecular formula is C17H27N5O2. The Labute approximate surface area is 143 Å². The van der Waals surface area contributed by atoms with Crippen LogP contribution in [-0.2, 0) is 9.53 Å².